The van der Waals surface area contributed by atoms with Gasteiger partial charge in [0.25, 0.3) is 0 Å². The highest BCUT2D eigenvalue weighted by Gasteiger charge is 2.51. The van der Waals surface area contributed by atoms with Crippen LogP contribution >= 0.6 is 0 Å². The predicted molar refractivity (Wildman–Crippen MR) is 162 cm³/mol. The minimum absolute atomic E-state index is 0.0586. The summed E-state index contributed by atoms with van der Waals surface area (Å²) in [5, 5.41) is 17.0. The molecule has 10 nitrogen and oxygen atoms in total. The first-order valence-electron chi connectivity index (χ1n) is 13.9. The molecule has 1 saturated heterocycles. The summed E-state index contributed by atoms with van der Waals surface area (Å²) in [5.74, 6) is 3.25. The van der Waals surface area contributed by atoms with Crippen LogP contribution in [0.1, 0.15) is 38.7 Å². The highest BCUT2D eigenvalue weighted by Crippen LogP contribution is 2.35. The van der Waals surface area contributed by atoms with Gasteiger partial charge in [-0.25, -0.2) is 14.3 Å². The number of carboxylic acid groups (broad SMARTS) is 1. The highest BCUT2D eigenvalue weighted by atomic mass is 32.2. The molecule has 1 aliphatic heterocycles. The minimum atomic E-state index is -4.29. The molecule has 1 fully saturated rings. The maximum Gasteiger partial charge on any atom is 0.326 e. The van der Waals surface area contributed by atoms with Crippen LogP contribution in [0, 0.1) is 0 Å². The Bertz CT molecular complexity index is 1250. The molecule has 0 aliphatic carbocycles. The van der Waals surface area contributed by atoms with Crippen molar-refractivity contribution in [2.75, 3.05) is 46.6 Å². The number of carboxylic acids is 1. The van der Waals surface area contributed by atoms with Crippen LogP contribution in [0.4, 0.5) is 0 Å². The van der Waals surface area contributed by atoms with Crippen molar-refractivity contribution in [2.24, 2.45) is 5.90 Å². The molecule has 2 aromatic carbocycles. The number of unbranched alkanes of at least 4 members (excludes halogenated alkanes) is 1. The van der Waals surface area contributed by atoms with Gasteiger partial charge in [-0.15, -0.1) is 0 Å². The topological polar surface area (TPSA) is 149 Å². The number of ether oxygens (including phenoxy) is 3. The normalized spacial score (nSPS) is 15.3. The predicted octanol–water partition coefficient (Wildman–Crippen LogP) is 4.27. The number of morpholine rings is 1. The van der Waals surface area contributed by atoms with Gasteiger partial charge in [0.1, 0.15) is 18.1 Å². The first-order chi connectivity index (χ1) is 20.2. The van der Waals surface area contributed by atoms with Gasteiger partial charge < -0.3 is 24.5 Å². The van der Waals surface area contributed by atoms with Crippen molar-refractivity contribution in [2.45, 2.75) is 49.2 Å². The molecule has 2 aromatic rings. The van der Waals surface area contributed by atoms with Crippen molar-refractivity contribution in [1.29, 1.82) is 0 Å². The smallest absolute Gasteiger partial charge is 0.326 e. The number of aliphatic carboxylic acids is 1. The second-order valence-corrected chi connectivity index (χ2v) is 12.4. The first kappa shape index (κ1) is 35.0. The number of rotatable bonds is 15. The summed E-state index contributed by atoms with van der Waals surface area (Å²) in [6.45, 7) is 8.54. The van der Waals surface area contributed by atoms with Gasteiger partial charge in [-0.3, -0.25) is 9.69 Å². The summed E-state index contributed by atoms with van der Waals surface area (Å²) in [7, 11) is -2.81. The van der Waals surface area contributed by atoms with E-state index in [4.69, 9.17) is 19.4 Å². The van der Waals surface area contributed by atoms with Gasteiger partial charge in [0.15, 0.2) is 14.6 Å². The van der Waals surface area contributed by atoms with Crippen LogP contribution in [0.15, 0.2) is 77.2 Å². The van der Waals surface area contributed by atoms with Gasteiger partial charge in [-0.2, -0.15) is 0 Å². The Balaban J connectivity index is 0.00000301. The number of allylic oxidation sites excluding steroid dienone is 4. The molecule has 232 valence electrons. The van der Waals surface area contributed by atoms with Crippen molar-refractivity contribution in [1.82, 2.24) is 4.90 Å². The molecule has 0 spiro atoms. The van der Waals surface area contributed by atoms with Crippen LogP contribution in [0.25, 0.3) is 0 Å². The molecular formula is C31H44N2O8S. The van der Waals surface area contributed by atoms with Crippen molar-refractivity contribution in [3.05, 3.63) is 77.9 Å². The Morgan fingerprint density at radius 2 is 1.62 bits per heavy atom. The molecule has 1 heterocycles. The summed E-state index contributed by atoms with van der Waals surface area (Å²) >= 11 is 0. The van der Waals surface area contributed by atoms with E-state index in [1.165, 1.54) is 36.9 Å². The number of benzene rings is 2. The lowest BCUT2D eigenvalue weighted by Crippen LogP contribution is -2.48. The Hall–Kier alpha value is -3.22. The van der Waals surface area contributed by atoms with E-state index in [9.17, 15) is 18.3 Å². The fourth-order valence-corrected chi connectivity index (χ4v) is 6.39. The van der Waals surface area contributed by atoms with Crippen molar-refractivity contribution in [3.8, 4) is 11.5 Å². The van der Waals surface area contributed by atoms with Crippen LogP contribution in [0.2, 0.25) is 0 Å². The molecule has 0 aromatic heterocycles. The molecule has 42 heavy (non-hydrogen) atoms. The fourth-order valence-electron chi connectivity index (χ4n) is 4.55. The standard InChI is InChI=1S/C31H41NO7S.H3NO/c1-25(2)8-6-4-5-7-17-31(30(33)34,40(35,36)29-15-13-27(37-3)14-16-29)24-26-9-11-28(12-10-26)39-23-20-32-18-21-38-22-19-32;1-2/h5,7-16H,4,6,17-24H2,1-3H3,(H,33,34);2H,1H2. The zero-order valence-electron chi connectivity index (χ0n) is 24.7. The Morgan fingerprint density at radius 3 is 2.19 bits per heavy atom. The molecule has 3 rings (SSSR count). The Morgan fingerprint density at radius 1 is 1.00 bits per heavy atom. The maximum absolute atomic E-state index is 14.0. The molecule has 0 saturated carbocycles. The number of hydrogen-bond donors (Lipinski definition) is 3. The molecule has 4 N–H and O–H groups in total. The number of carbonyl (C=O) groups is 1. The SMILES string of the molecule is COc1ccc(S(=O)(=O)C(CC=CCCC=C(C)C)(Cc2ccc(OCCN3CCOCC3)cc2)C(=O)O)cc1.NO. The molecular weight excluding hydrogens is 560 g/mol. The maximum atomic E-state index is 14.0. The number of nitrogens with two attached hydrogens (primary N) is 1. The number of hydrogen-bond acceptors (Lipinski definition) is 9. The van der Waals surface area contributed by atoms with Gasteiger partial charge >= 0.3 is 5.97 Å². The van der Waals surface area contributed by atoms with Gasteiger partial charge in [0, 0.05) is 26.1 Å². The lowest BCUT2D eigenvalue weighted by atomic mass is 9.94. The summed E-state index contributed by atoms with van der Waals surface area (Å²) in [4.78, 5) is 15.1. The molecule has 1 unspecified atom stereocenters. The van der Waals surface area contributed by atoms with Crippen LogP contribution < -0.4 is 15.4 Å². The molecule has 0 radical (unpaired) electrons. The van der Waals surface area contributed by atoms with E-state index in [2.05, 4.69) is 16.9 Å². The van der Waals surface area contributed by atoms with Crippen molar-refractivity contribution < 1.29 is 37.7 Å². The Labute approximate surface area is 249 Å². The van der Waals surface area contributed by atoms with Crippen LogP contribution in [-0.2, 0) is 25.8 Å². The zero-order valence-corrected chi connectivity index (χ0v) is 25.5. The summed E-state index contributed by atoms with van der Waals surface area (Å²) < 4.78 is 42.2. The number of methoxy groups -OCH3 is 1. The third-order valence-corrected chi connectivity index (χ3v) is 9.37. The summed E-state index contributed by atoms with van der Waals surface area (Å²) in [5.41, 5.74) is 1.79. The third kappa shape index (κ3) is 9.95. The van der Waals surface area contributed by atoms with E-state index in [1.54, 1.807) is 30.3 Å². The lowest BCUT2D eigenvalue weighted by Gasteiger charge is -2.29. The average molecular weight is 605 g/mol. The number of nitrogens with zero attached hydrogens (tertiary/aromatic N) is 1. The molecule has 11 heteroatoms. The van der Waals surface area contributed by atoms with Crippen LogP contribution in [-0.4, -0.2) is 80.9 Å². The van der Waals surface area contributed by atoms with E-state index < -0.39 is 20.6 Å². The highest BCUT2D eigenvalue weighted by molar-refractivity contribution is 7.93. The largest absolute Gasteiger partial charge is 0.497 e. The third-order valence-electron chi connectivity index (χ3n) is 6.97. The van der Waals surface area contributed by atoms with E-state index >= 15 is 0 Å². The van der Waals surface area contributed by atoms with E-state index in [-0.39, 0.29) is 17.7 Å². The van der Waals surface area contributed by atoms with Crippen molar-refractivity contribution in [3.63, 3.8) is 0 Å². The van der Waals surface area contributed by atoms with Gasteiger partial charge in [-0.05, 0) is 75.1 Å². The monoisotopic (exact) mass is 604 g/mol. The average Bonchev–Trinajstić information content (AvgIpc) is 3.00. The van der Waals surface area contributed by atoms with Gasteiger partial charge in [-0.1, -0.05) is 35.9 Å². The second-order valence-electron chi connectivity index (χ2n) is 10.1. The zero-order chi connectivity index (χ0) is 31.0. The first-order valence-corrected chi connectivity index (χ1v) is 15.3. The molecule has 0 bridgehead atoms. The van der Waals surface area contributed by atoms with Gasteiger partial charge in [0.05, 0.1) is 25.2 Å². The van der Waals surface area contributed by atoms with Crippen LogP contribution in [0.3, 0.4) is 0 Å². The number of sulfone groups is 1. The summed E-state index contributed by atoms with van der Waals surface area (Å²) in [6, 6.07) is 12.8. The van der Waals surface area contributed by atoms with Gasteiger partial charge in [0.2, 0.25) is 0 Å². The lowest BCUT2D eigenvalue weighted by molar-refractivity contribution is -0.140. The van der Waals surface area contributed by atoms with E-state index in [1.807, 2.05) is 19.9 Å². The van der Waals surface area contributed by atoms with Crippen molar-refractivity contribution >= 4 is 15.8 Å². The second kappa shape index (κ2) is 17.7. The van der Waals surface area contributed by atoms with E-state index in [0.29, 0.717) is 30.1 Å². The molecule has 1 atom stereocenters. The Kier molecular flexibility index (Phi) is 14.7. The quantitative estimate of drug-likeness (QED) is 0.153. The minimum Gasteiger partial charge on any atom is -0.497 e. The fraction of sp³-hybridized carbons (Fsp3) is 0.452. The van der Waals surface area contributed by atoms with E-state index in [0.717, 1.165) is 39.3 Å². The van der Waals surface area contributed by atoms with Crippen LogP contribution in [0.5, 0.6) is 11.5 Å². The summed E-state index contributed by atoms with van der Waals surface area (Å²) in [6.07, 6.45) is 6.76. The molecule has 1 aliphatic rings. The molecule has 0 amide bonds.